The van der Waals surface area contributed by atoms with Crippen LogP contribution in [0.1, 0.15) is 23.0 Å². The monoisotopic (exact) mass is 256 g/mol. The van der Waals surface area contributed by atoms with Gasteiger partial charge >= 0.3 is 0 Å². The molecule has 2 aromatic heterocycles. The second-order valence-electron chi connectivity index (χ2n) is 4.17. The van der Waals surface area contributed by atoms with E-state index in [1.165, 1.54) is 0 Å². The summed E-state index contributed by atoms with van der Waals surface area (Å²) < 4.78 is 0. The van der Waals surface area contributed by atoms with Gasteiger partial charge in [-0.1, -0.05) is 0 Å². The molecule has 0 fully saturated rings. The van der Waals surface area contributed by atoms with Crippen molar-refractivity contribution in [2.24, 2.45) is 0 Å². The molecule has 0 atom stereocenters. The van der Waals surface area contributed by atoms with E-state index in [0.29, 0.717) is 11.4 Å². The van der Waals surface area contributed by atoms with Crippen LogP contribution in [0.15, 0.2) is 36.8 Å². The molecular formula is C14H16N4O. The second-order valence-corrected chi connectivity index (χ2v) is 4.17. The molecule has 2 N–H and O–H groups in total. The lowest BCUT2D eigenvalue weighted by atomic mass is 10.2. The van der Waals surface area contributed by atoms with Crippen LogP contribution >= 0.6 is 0 Å². The molecule has 0 saturated carbocycles. The van der Waals surface area contributed by atoms with Crippen LogP contribution < -0.4 is 10.6 Å². The highest BCUT2D eigenvalue weighted by Gasteiger charge is 2.07. The third-order valence-corrected chi connectivity index (χ3v) is 2.51. The van der Waals surface area contributed by atoms with Gasteiger partial charge in [0.2, 0.25) is 0 Å². The van der Waals surface area contributed by atoms with Crippen molar-refractivity contribution in [3.05, 3.63) is 48.0 Å². The quantitative estimate of drug-likeness (QED) is 0.881. The first-order valence-electron chi connectivity index (χ1n) is 6.12. The summed E-state index contributed by atoms with van der Waals surface area (Å²) in [7, 11) is 0. The standard InChI is InChI=1S/C14H16N4O/c1-3-16-11-4-5-13(17-9-11)14(19)18-12-6-10(2)7-15-8-12/h4-9,16H,3H2,1-2H3,(H,18,19). The Morgan fingerprint density at radius 1 is 1.21 bits per heavy atom. The summed E-state index contributed by atoms with van der Waals surface area (Å²) in [6.07, 6.45) is 4.99. The summed E-state index contributed by atoms with van der Waals surface area (Å²) in [6, 6.07) is 5.38. The Morgan fingerprint density at radius 3 is 2.68 bits per heavy atom. The first kappa shape index (κ1) is 13.0. The lowest BCUT2D eigenvalue weighted by molar-refractivity contribution is 0.102. The maximum Gasteiger partial charge on any atom is 0.274 e. The summed E-state index contributed by atoms with van der Waals surface area (Å²) in [5.74, 6) is -0.240. The van der Waals surface area contributed by atoms with Gasteiger partial charge in [0.1, 0.15) is 5.69 Å². The highest BCUT2D eigenvalue weighted by atomic mass is 16.1. The van der Waals surface area contributed by atoms with E-state index in [2.05, 4.69) is 20.6 Å². The van der Waals surface area contributed by atoms with Gasteiger partial charge in [-0.3, -0.25) is 9.78 Å². The second kappa shape index (κ2) is 5.95. The SMILES string of the molecule is CCNc1ccc(C(=O)Nc2cncc(C)c2)nc1. The lowest BCUT2D eigenvalue weighted by Crippen LogP contribution is -2.14. The Kier molecular flexibility index (Phi) is 4.07. The number of rotatable bonds is 4. The van der Waals surface area contributed by atoms with Gasteiger partial charge < -0.3 is 10.6 Å². The number of aromatic nitrogens is 2. The fourth-order valence-electron chi connectivity index (χ4n) is 1.66. The Bertz CT molecular complexity index is 566. The van der Waals surface area contributed by atoms with E-state index in [0.717, 1.165) is 17.8 Å². The van der Waals surface area contributed by atoms with Crippen LogP contribution in [0.2, 0.25) is 0 Å². The van der Waals surface area contributed by atoms with Gasteiger partial charge in [-0.05, 0) is 37.6 Å². The number of nitrogens with zero attached hydrogens (tertiary/aromatic N) is 2. The molecule has 5 nitrogen and oxygen atoms in total. The molecule has 0 aliphatic rings. The summed E-state index contributed by atoms with van der Waals surface area (Å²) in [5, 5.41) is 5.89. The third-order valence-electron chi connectivity index (χ3n) is 2.51. The van der Waals surface area contributed by atoms with Crippen molar-refractivity contribution >= 4 is 17.3 Å². The minimum absolute atomic E-state index is 0.240. The van der Waals surface area contributed by atoms with Crippen LogP contribution in [-0.2, 0) is 0 Å². The fraction of sp³-hybridized carbons (Fsp3) is 0.214. The molecule has 0 saturated heterocycles. The fourth-order valence-corrected chi connectivity index (χ4v) is 1.66. The minimum atomic E-state index is -0.240. The van der Waals surface area contributed by atoms with Gasteiger partial charge in [-0.15, -0.1) is 0 Å². The number of carbonyl (C=O) groups is 1. The molecular weight excluding hydrogens is 240 g/mol. The summed E-state index contributed by atoms with van der Waals surface area (Å²) in [6.45, 7) is 4.75. The zero-order valence-corrected chi connectivity index (χ0v) is 11.0. The highest BCUT2D eigenvalue weighted by molar-refractivity contribution is 6.02. The lowest BCUT2D eigenvalue weighted by Gasteiger charge is -2.06. The summed E-state index contributed by atoms with van der Waals surface area (Å²) >= 11 is 0. The van der Waals surface area contributed by atoms with Crippen LogP contribution in [0.3, 0.4) is 0 Å². The Labute approximate surface area is 112 Å². The molecule has 19 heavy (non-hydrogen) atoms. The minimum Gasteiger partial charge on any atom is -0.384 e. The molecule has 2 aromatic rings. The van der Waals surface area contributed by atoms with Gasteiger partial charge in [0.15, 0.2) is 0 Å². The predicted molar refractivity (Wildman–Crippen MR) is 75.3 cm³/mol. The average molecular weight is 256 g/mol. The zero-order valence-electron chi connectivity index (χ0n) is 11.0. The maximum absolute atomic E-state index is 12.0. The van der Waals surface area contributed by atoms with Crippen molar-refractivity contribution < 1.29 is 4.79 Å². The van der Waals surface area contributed by atoms with Crippen molar-refractivity contribution in [2.45, 2.75) is 13.8 Å². The average Bonchev–Trinajstić information content (AvgIpc) is 2.40. The molecule has 0 aliphatic heterocycles. The number of anilines is 2. The largest absolute Gasteiger partial charge is 0.384 e. The predicted octanol–water partition coefficient (Wildman–Crippen LogP) is 2.47. The van der Waals surface area contributed by atoms with Crippen LogP contribution in [0, 0.1) is 6.92 Å². The number of nitrogens with one attached hydrogen (secondary N) is 2. The van der Waals surface area contributed by atoms with Crippen molar-refractivity contribution in [3.63, 3.8) is 0 Å². The van der Waals surface area contributed by atoms with Crippen molar-refractivity contribution in [1.82, 2.24) is 9.97 Å². The van der Waals surface area contributed by atoms with Crippen molar-refractivity contribution in [3.8, 4) is 0 Å². The molecule has 0 radical (unpaired) electrons. The van der Waals surface area contributed by atoms with Gasteiger partial charge in [0.25, 0.3) is 5.91 Å². The number of carbonyl (C=O) groups excluding carboxylic acids is 1. The Balaban J connectivity index is 2.07. The topological polar surface area (TPSA) is 66.9 Å². The van der Waals surface area contributed by atoms with Crippen molar-refractivity contribution in [2.75, 3.05) is 17.2 Å². The van der Waals surface area contributed by atoms with Gasteiger partial charge in [-0.2, -0.15) is 0 Å². The molecule has 98 valence electrons. The van der Waals surface area contributed by atoms with Crippen LogP contribution in [0.25, 0.3) is 0 Å². The molecule has 0 aliphatic carbocycles. The van der Waals surface area contributed by atoms with E-state index in [-0.39, 0.29) is 5.91 Å². The van der Waals surface area contributed by atoms with E-state index in [9.17, 15) is 4.79 Å². The van der Waals surface area contributed by atoms with E-state index in [1.54, 1.807) is 24.7 Å². The Morgan fingerprint density at radius 2 is 2.05 bits per heavy atom. The normalized spacial score (nSPS) is 10.0. The van der Waals surface area contributed by atoms with E-state index < -0.39 is 0 Å². The highest BCUT2D eigenvalue weighted by Crippen LogP contribution is 2.10. The zero-order chi connectivity index (χ0) is 13.7. The molecule has 2 heterocycles. The molecule has 0 bridgehead atoms. The molecule has 0 unspecified atom stereocenters. The molecule has 1 amide bonds. The Hall–Kier alpha value is -2.43. The van der Waals surface area contributed by atoms with Gasteiger partial charge in [0.05, 0.1) is 23.8 Å². The van der Waals surface area contributed by atoms with Crippen molar-refractivity contribution in [1.29, 1.82) is 0 Å². The van der Waals surface area contributed by atoms with Crippen LogP contribution in [0.5, 0.6) is 0 Å². The van der Waals surface area contributed by atoms with Crippen LogP contribution in [0.4, 0.5) is 11.4 Å². The first-order chi connectivity index (χ1) is 9.19. The molecule has 0 aromatic carbocycles. The number of aryl methyl sites for hydroxylation is 1. The molecule has 0 spiro atoms. The van der Waals surface area contributed by atoms with Gasteiger partial charge in [0, 0.05) is 12.7 Å². The number of amides is 1. The first-order valence-corrected chi connectivity index (χ1v) is 6.12. The number of pyridine rings is 2. The number of hydrogen-bond acceptors (Lipinski definition) is 4. The third kappa shape index (κ3) is 3.51. The van der Waals surface area contributed by atoms with E-state index >= 15 is 0 Å². The smallest absolute Gasteiger partial charge is 0.274 e. The van der Waals surface area contributed by atoms with Gasteiger partial charge in [-0.25, -0.2) is 4.98 Å². The summed E-state index contributed by atoms with van der Waals surface area (Å²) in [4.78, 5) is 20.1. The molecule has 2 rings (SSSR count). The number of hydrogen-bond donors (Lipinski definition) is 2. The maximum atomic E-state index is 12.0. The van der Waals surface area contributed by atoms with E-state index in [4.69, 9.17) is 0 Å². The van der Waals surface area contributed by atoms with Crippen LogP contribution in [-0.4, -0.2) is 22.4 Å². The molecule has 5 heteroatoms. The van der Waals surface area contributed by atoms with E-state index in [1.807, 2.05) is 26.0 Å². The summed E-state index contributed by atoms with van der Waals surface area (Å²) in [5.41, 5.74) is 2.94.